The first-order valence-electron chi connectivity index (χ1n) is 6.19. The van der Waals surface area contributed by atoms with Gasteiger partial charge in [-0.05, 0) is 25.2 Å². The Kier molecular flexibility index (Phi) is 7.77. The summed E-state index contributed by atoms with van der Waals surface area (Å²) in [6.45, 7) is 4.74. The summed E-state index contributed by atoms with van der Waals surface area (Å²) in [6, 6.07) is 0.179. The minimum atomic E-state index is 0. The summed E-state index contributed by atoms with van der Waals surface area (Å²) < 4.78 is 0. The van der Waals surface area contributed by atoms with E-state index in [2.05, 4.69) is 12.2 Å². The standard InChI is InChI=1S/C12H24N2O.ClH/c1-3-4-5-11(8-13)14-12(15)9(2)10-6-7-10;/h9-11H,3-8,13H2,1-2H3,(H,14,15);1H. The summed E-state index contributed by atoms with van der Waals surface area (Å²) >= 11 is 0. The molecule has 0 heterocycles. The van der Waals surface area contributed by atoms with E-state index in [-0.39, 0.29) is 30.3 Å². The number of hydrogen-bond donors (Lipinski definition) is 2. The van der Waals surface area contributed by atoms with Crippen LogP contribution in [0, 0.1) is 11.8 Å². The van der Waals surface area contributed by atoms with Crippen LogP contribution in [0.4, 0.5) is 0 Å². The van der Waals surface area contributed by atoms with E-state index in [1.165, 1.54) is 12.8 Å². The van der Waals surface area contributed by atoms with Crippen LogP contribution in [-0.2, 0) is 4.79 Å². The van der Waals surface area contributed by atoms with Crippen LogP contribution in [0.25, 0.3) is 0 Å². The highest BCUT2D eigenvalue weighted by Crippen LogP contribution is 2.36. The average Bonchev–Trinajstić information content (AvgIpc) is 3.06. The van der Waals surface area contributed by atoms with Crippen molar-refractivity contribution < 1.29 is 4.79 Å². The Morgan fingerprint density at radius 3 is 2.56 bits per heavy atom. The lowest BCUT2D eigenvalue weighted by atomic mass is 10.0. The molecule has 1 amide bonds. The molecule has 3 N–H and O–H groups in total. The number of nitrogens with two attached hydrogens (primary N) is 1. The number of halogens is 1. The van der Waals surface area contributed by atoms with Gasteiger partial charge in [-0.15, -0.1) is 12.4 Å². The Bertz CT molecular complexity index is 207. The molecule has 4 heteroatoms. The van der Waals surface area contributed by atoms with Gasteiger partial charge in [0, 0.05) is 18.5 Å². The summed E-state index contributed by atoms with van der Waals surface area (Å²) in [5.74, 6) is 1.01. The second kappa shape index (κ2) is 7.91. The van der Waals surface area contributed by atoms with Gasteiger partial charge in [-0.2, -0.15) is 0 Å². The number of nitrogens with one attached hydrogen (secondary N) is 1. The first-order valence-corrected chi connectivity index (χ1v) is 6.19. The number of unbranched alkanes of at least 4 members (excludes halogenated alkanes) is 1. The van der Waals surface area contributed by atoms with Crippen LogP contribution in [0.3, 0.4) is 0 Å². The molecule has 1 aliphatic rings. The quantitative estimate of drug-likeness (QED) is 0.725. The van der Waals surface area contributed by atoms with Gasteiger partial charge in [0.15, 0.2) is 0 Å². The Morgan fingerprint density at radius 1 is 1.50 bits per heavy atom. The maximum Gasteiger partial charge on any atom is 0.223 e. The Labute approximate surface area is 105 Å². The molecule has 16 heavy (non-hydrogen) atoms. The Balaban J connectivity index is 0.00000225. The minimum Gasteiger partial charge on any atom is -0.352 e. The molecule has 0 radical (unpaired) electrons. The SMILES string of the molecule is CCCCC(CN)NC(=O)C(C)C1CC1.Cl. The van der Waals surface area contributed by atoms with Gasteiger partial charge < -0.3 is 11.1 Å². The largest absolute Gasteiger partial charge is 0.352 e. The minimum absolute atomic E-state index is 0. The first kappa shape index (κ1) is 15.7. The second-order valence-corrected chi connectivity index (χ2v) is 4.71. The van der Waals surface area contributed by atoms with Crippen molar-refractivity contribution in [2.75, 3.05) is 6.54 Å². The molecule has 1 rings (SSSR count). The molecule has 1 saturated carbocycles. The van der Waals surface area contributed by atoms with Gasteiger partial charge in [-0.25, -0.2) is 0 Å². The molecule has 0 aliphatic heterocycles. The van der Waals surface area contributed by atoms with Gasteiger partial charge in [-0.1, -0.05) is 26.7 Å². The van der Waals surface area contributed by atoms with Crippen LogP contribution < -0.4 is 11.1 Å². The van der Waals surface area contributed by atoms with E-state index in [4.69, 9.17) is 5.73 Å². The van der Waals surface area contributed by atoms with Crippen molar-refractivity contribution in [2.24, 2.45) is 17.6 Å². The molecule has 2 atom stereocenters. The maximum atomic E-state index is 11.8. The van der Waals surface area contributed by atoms with E-state index in [9.17, 15) is 4.79 Å². The lowest BCUT2D eigenvalue weighted by Crippen LogP contribution is -2.42. The van der Waals surface area contributed by atoms with E-state index in [1.807, 2.05) is 6.92 Å². The Morgan fingerprint density at radius 2 is 2.12 bits per heavy atom. The van der Waals surface area contributed by atoms with Crippen LogP contribution in [-0.4, -0.2) is 18.5 Å². The summed E-state index contributed by atoms with van der Waals surface area (Å²) in [5, 5.41) is 3.06. The fraction of sp³-hybridized carbons (Fsp3) is 0.917. The molecule has 0 saturated heterocycles. The molecule has 0 bridgehead atoms. The van der Waals surface area contributed by atoms with Gasteiger partial charge in [0.1, 0.15) is 0 Å². The highest BCUT2D eigenvalue weighted by Gasteiger charge is 2.33. The van der Waals surface area contributed by atoms with Crippen LogP contribution in [0.15, 0.2) is 0 Å². The molecular formula is C12H25ClN2O. The zero-order chi connectivity index (χ0) is 11.3. The Hall–Kier alpha value is -0.280. The summed E-state index contributed by atoms with van der Waals surface area (Å²) in [7, 11) is 0. The number of amides is 1. The summed E-state index contributed by atoms with van der Waals surface area (Å²) in [5.41, 5.74) is 5.64. The molecule has 96 valence electrons. The van der Waals surface area contributed by atoms with Gasteiger partial charge in [0.25, 0.3) is 0 Å². The van der Waals surface area contributed by atoms with Crippen LogP contribution >= 0.6 is 12.4 Å². The lowest BCUT2D eigenvalue weighted by Gasteiger charge is -2.19. The third-order valence-electron chi connectivity index (χ3n) is 3.28. The van der Waals surface area contributed by atoms with E-state index in [0.29, 0.717) is 12.5 Å². The topological polar surface area (TPSA) is 55.1 Å². The normalized spacial score (nSPS) is 18.4. The summed E-state index contributed by atoms with van der Waals surface area (Å²) in [4.78, 5) is 11.8. The van der Waals surface area contributed by atoms with Crippen LogP contribution in [0.1, 0.15) is 46.0 Å². The smallest absolute Gasteiger partial charge is 0.223 e. The predicted octanol–water partition coefficient (Wildman–Crippen LogP) is 2.09. The van der Waals surface area contributed by atoms with Gasteiger partial charge in [0.2, 0.25) is 5.91 Å². The van der Waals surface area contributed by atoms with Crippen LogP contribution in [0.5, 0.6) is 0 Å². The monoisotopic (exact) mass is 248 g/mol. The number of hydrogen-bond acceptors (Lipinski definition) is 2. The highest BCUT2D eigenvalue weighted by molar-refractivity contribution is 5.85. The lowest BCUT2D eigenvalue weighted by molar-refractivity contribution is -0.125. The zero-order valence-electron chi connectivity index (χ0n) is 10.4. The van der Waals surface area contributed by atoms with Crippen molar-refractivity contribution >= 4 is 18.3 Å². The van der Waals surface area contributed by atoms with Crippen molar-refractivity contribution in [3.05, 3.63) is 0 Å². The molecule has 0 aromatic heterocycles. The maximum absolute atomic E-state index is 11.8. The fourth-order valence-corrected chi connectivity index (χ4v) is 1.84. The number of carbonyl (C=O) groups excluding carboxylic acids is 1. The van der Waals surface area contributed by atoms with Gasteiger partial charge in [0.05, 0.1) is 0 Å². The van der Waals surface area contributed by atoms with E-state index < -0.39 is 0 Å². The van der Waals surface area contributed by atoms with Crippen LogP contribution in [0.2, 0.25) is 0 Å². The number of rotatable bonds is 7. The third-order valence-corrected chi connectivity index (χ3v) is 3.28. The van der Waals surface area contributed by atoms with Crippen molar-refractivity contribution in [1.82, 2.24) is 5.32 Å². The van der Waals surface area contributed by atoms with Crippen molar-refractivity contribution in [3.8, 4) is 0 Å². The third kappa shape index (κ3) is 5.17. The van der Waals surface area contributed by atoms with Crippen molar-refractivity contribution in [2.45, 2.75) is 52.0 Å². The molecule has 1 aliphatic carbocycles. The van der Waals surface area contributed by atoms with Crippen molar-refractivity contribution in [1.29, 1.82) is 0 Å². The number of carbonyl (C=O) groups is 1. The van der Waals surface area contributed by atoms with E-state index >= 15 is 0 Å². The predicted molar refractivity (Wildman–Crippen MR) is 69.6 cm³/mol. The molecule has 0 aromatic carbocycles. The molecular weight excluding hydrogens is 224 g/mol. The van der Waals surface area contributed by atoms with E-state index in [1.54, 1.807) is 0 Å². The summed E-state index contributed by atoms with van der Waals surface area (Å²) in [6.07, 6.45) is 5.74. The molecule has 3 nitrogen and oxygen atoms in total. The fourth-order valence-electron chi connectivity index (χ4n) is 1.84. The highest BCUT2D eigenvalue weighted by atomic mass is 35.5. The van der Waals surface area contributed by atoms with Gasteiger partial charge >= 0.3 is 0 Å². The van der Waals surface area contributed by atoms with Gasteiger partial charge in [-0.3, -0.25) is 4.79 Å². The molecule has 0 spiro atoms. The molecule has 2 unspecified atom stereocenters. The molecule has 0 aromatic rings. The second-order valence-electron chi connectivity index (χ2n) is 4.71. The van der Waals surface area contributed by atoms with E-state index in [0.717, 1.165) is 19.3 Å². The zero-order valence-corrected chi connectivity index (χ0v) is 11.2. The van der Waals surface area contributed by atoms with Crippen molar-refractivity contribution in [3.63, 3.8) is 0 Å². The molecule has 1 fully saturated rings. The average molecular weight is 249 g/mol. The first-order chi connectivity index (χ1) is 7.19.